The largest absolute Gasteiger partial charge is 0.461 e. The number of hydrogen-bond donors (Lipinski definition) is 1. The van der Waals surface area contributed by atoms with E-state index in [0.717, 1.165) is 6.92 Å². The van der Waals surface area contributed by atoms with Crippen molar-refractivity contribution in [3.8, 4) is 0 Å². The molecule has 1 aliphatic heterocycles. The Morgan fingerprint density at radius 3 is 2.05 bits per heavy atom. The molecule has 1 saturated heterocycles. The van der Waals surface area contributed by atoms with E-state index < -0.39 is 53.7 Å². The van der Waals surface area contributed by atoms with Gasteiger partial charge in [-0.25, -0.2) is 0 Å². The van der Waals surface area contributed by atoms with Gasteiger partial charge in [0.15, 0.2) is 0 Å². The van der Waals surface area contributed by atoms with E-state index >= 15 is 0 Å². The maximum Gasteiger partial charge on any atom is 0.415 e. The van der Waals surface area contributed by atoms with Crippen molar-refractivity contribution in [1.29, 1.82) is 0 Å². The van der Waals surface area contributed by atoms with Crippen LogP contribution in [0.3, 0.4) is 0 Å². The van der Waals surface area contributed by atoms with Crippen molar-refractivity contribution in [3.63, 3.8) is 0 Å². The SMILES string of the molecule is CC(=O)O[C@@H]1C[C@@H]2C(Cl)[C@H]1NC2(C(F)(F)F)C(F)(F)F. The zero-order valence-electron chi connectivity index (χ0n) is 9.98. The highest BCUT2D eigenvalue weighted by Crippen LogP contribution is 2.58. The number of ether oxygens (including phenoxy) is 1. The van der Waals surface area contributed by atoms with Crippen molar-refractivity contribution in [2.75, 3.05) is 0 Å². The van der Waals surface area contributed by atoms with Gasteiger partial charge in [0.25, 0.3) is 0 Å². The molecule has 0 aromatic rings. The Balaban J connectivity index is 2.37. The monoisotopic (exact) mass is 325 g/mol. The Bertz CT molecular complexity index is 409. The van der Waals surface area contributed by atoms with Crippen molar-refractivity contribution in [2.24, 2.45) is 5.92 Å². The fourth-order valence-electron chi connectivity index (χ4n) is 3.02. The minimum absolute atomic E-state index is 0.579. The summed E-state index contributed by atoms with van der Waals surface area (Å²) < 4.78 is 82.6. The lowest BCUT2D eigenvalue weighted by molar-refractivity contribution is -0.320. The summed E-state index contributed by atoms with van der Waals surface area (Å²) >= 11 is 5.70. The van der Waals surface area contributed by atoms with Gasteiger partial charge in [-0.2, -0.15) is 26.3 Å². The molecule has 0 aromatic heterocycles. The van der Waals surface area contributed by atoms with Gasteiger partial charge in [-0.1, -0.05) is 0 Å². The van der Waals surface area contributed by atoms with E-state index in [-0.39, 0.29) is 0 Å². The van der Waals surface area contributed by atoms with Crippen LogP contribution in [0.1, 0.15) is 13.3 Å². The van der Waals surface area contributed by atoms with E-state index in [1.54, 1.807) is 0 Å². The molecule has 2 aliphatic rings. The number of carbonyl (C=O) groups excluding carboxylic acids is 1. The zero-order chi connectivity index (χ0) is 15.5. The van der Waals surface area contributed by atoms with E-state index in [1.807, 2.05) is 0 Å². The van der Waals surface area contributed by atoms with Crippen LogP contribution in [0, 0.1) is 5.92 Å². The molecule has 0 amide bonds. The fraction of sp³-hybridized carbons (Fsp3) is 0.900. The lowest BCUT2D eigenvalue weighted by atomic mass is 9.82. The summed E-state index contributed by atoms with van der Waals surface area (Å²) in [5.41, 5.74) is -4.05. The van der Waals surface area contributed by atoms with Crippen LogP contribution in [0.2, 0.25) is 0 Å². The minimum Gasteiger partial charge on any atom is -0.461 e. The van der Waals surface area contributed by atoms with Crippen LogP contribution in [0.5, 0.6) is 0 Å². The Labute approximate surface area is 114 Å². The first-order valence-electron chi connectivity index (χ1n) is 5.64. The molecule has 2 fully saturated rings. The Kier molecular flexibility index (Phi) is 3.45. The summed E-state index contributed by atoms with van der Waals surface area (Å²) in [5, 5.41) is 0.116. The van der Waals surface area contributed by atoms with Crippen LogP contribution < -0.4 is 5.32 Å². The minimum atomic E-state index is -5.54. The molecule has 116 valence electrons. The van der Waals surface area contributed by atoms with Crippen LogP contribution in [-0.2, 0) is 9.53 Å². The molecule has 0 spiro atoms. The van der Waals surface area contributed by atoms with Gasteiger partial charge in [-0.3, -0.25) is 10.1 Å². The lowest BCUT2D eigenvalue weighted by Crippen LogP contribution is -2.70. The third-order valence-electron chi connectivity index (χ3n) is 3.78. The first-order valence-corrected chi connectivity index (χ1v) is 6.08. The van der Waals surface area contributed by atoms with E-state index in [0.29, 0.717) is 0 Å². The molecule has 0 aromatic carbocycles. The summed E-state index contributed by atoms with van der Waals surface area (Å²) in [4.78, 5) is 10.8. The fourth-order valence-corrected chi connectivity index (χ4v) is 3.54. The number of esters is 1. The lowest BCUT2D eigenvalue weighted by Gasteiger charge is -2.42. The van der Waals surface area contributed by atoms with E-state index in [1.165, 1.54) is 5.32 Å². The molecule has 2 rings (SSSR count). The predicted molar refractivity (Wildman–Crippen MR) is 55.1 cm³/mol. The molecule has 4 atom stereocenters. The van der Waals surface area contributed by atoms with Crippen molar-refractivity contribution in [3.05, 3.63) is 0 Å². The third-order valence-corrected chi connectivity index (χ3v) is 4.35. The van der Waals surface area contributed by atoms with Gasteiger partial charge >= 0.3 is 18.3 Å². The molecule has 1 N–H and O–H groups in total. The van der Waals surface area contributed by atoms with E-state index in [9.17, 15) is 31.1 Å². The second kappa shape index (κ2) is 4.40. The molecule has 3 nitrogen and oxygen atoms in total. The zero-order valence-corrected chi connectivity index (χ0v) is 10.7. The quantitative estimate of drug-likeness (QED) is 0.457. The summed E-state index contributed by atoms with van der Waals surface area (Å²) in [6.07, 6.45) is -12.7. The Morgan fingerprint density at radius 2 is 1.75 bits per heavy atom. The summed E-state index contributed by atoms with van der Waals surface area (Å²) in [5.74, 6) is -2.71. The van der Waals surface area contributed by atoms with Gasteiger partial charge in [0.2, 0.25) is 5.54 Å². The Morgan fingerprint density at radius 1 is 1.25 bits per heavy atom. The first-order chi connectivity index (χ1) is 8.92. The van der Waals surface area contributed by atoms with E-state index in [2.05, 4.69) is 0 Å². The van der Waals surface area contributed by atoms with Crippen LogP contribution in [0.25, 0.3) is 0 Å². The highest BCUT2D eigenvalue weighted by Gasteiger charge is 2.81. The standard InChI is InChI=1S/C10H10ClF6NO2/c1-3(19)20-5-2-4-6(11)7(5)18-8(4,9(12,13)14)10(15,16)17/h4-7,18H,2H2,1H3/t4-,5-,6?,7+/m1/s1. The second-order valence-electron chi connectivity index (χ2n) is 4.91. The second-order valence-corrected chi connectivity index (χ2v) is 5.41. The van der Waals surface area contributed by atoms with Crippen molar-refractivity contribution in [2.45, 2.75) is 48.8 Å². The number of rotatable bonds is 1. The average Bonchev–Trinajstić information content (AvgIpc) is 2.66. The van der Waals surface area contributed by atoms with Crippen LogP contribution >= 0.6 is 11.6 Å². The average molecular weight is 326 g/mol. The van der Waals surface area contributed by atoms with Gasteiger partial charge in [0.05, 0.1) is 11.4 Å². The summed E-state index contributed by atoms with van der Waals surface area (Å²) in [7, 11) is 0. The number of carbonyl (C=O) groups is 1. The normalized spacial score (nSPS) is 36.2. The number of piperidine rings is 1. The molecular weight excluding hydrogens is 316 g/mol. The number of hydrogen-bond acceptors (Lipinski definition) is 3. The van der Waals surface area contributed by atoms with Gasteiger partial charge < -0.3 is 4.74 Å². The molecule has 1 heterocycles. The van der Waals surface area contributed by atoms with Crippen molar-refractivity contribution >= 4 is 17.6 Å². The number of fused-ring (bicyclic) bond motifs is 2. The third kappa shape index (κ3) is 1.97. The number of halogens is 7. The predicted octanol–water partition coefficient (Wildman–Crippen LogP) is 2.38. The van der Waals surface area contributed by atoms with E-state index in [4.69, 9.17) is 16.3 Å². The summed E-state index contributed by atoms with van der Waals surface area (Å²) in [6, 6.07) is -1.38. The van der Waals surface area contributed by atoms with Crippen LogP contribution in [0.15, 0.2) is 0 Å². The smallest absolute Gasteiger partial charge is 0.415 e. The molecule has 0 radical (unpaired) electrons. The molecule has 10 heteroatoms. The topological polar surface area (TPSA) is 38.3 Å². The molecule has 2 bridgehead atoms. The Hall–Kier alpha value is -0.700. The van der Waals surface area contributed by atoms with Gasteiger partial charge in [-0.05, 0) is 6.42 Å². The molecular formula is C10H10ClF6NO2. The number of alkyl halides is 7. The van der Waals surface area contributed by atoms with Crippen LogP contribution in [0.4, 0.5) is 26.3 Å². The van der Waals surface area contributed by atoms with Gasteiger partial charge in [-0.15, -0.1) is 11.6 Å². The molecule has 20 heavy (non-hydrogen) atoms. The van der Waals surface area contributed by atoms with Gasteiger partial charge in [0.1, 0.15) is 6.10 Å². The van der Waals surface area contributed by atoms with Gasteiger partial charge in [0, 0.05) is 12.8 Å². The summed E-state index contributed by atoms with van der Waals surface area (Å²) in [6.45, 7) is 1.02. The first kappa shape index (κ1) is 15.7. The molecule has 1 unspecified atom stereocenters. The molecule has 1 aliphatic carbocycles. The highest BCUT2D eigenvalue weighted by molar-refractivity contribution is 6.22. The maximum atomic E-state index is 13.0. The molecule has 1 saturated carbocycles. The highest BCUT2D eigenvalue weighted by atomic mass is 35.5. The number of nitrogens with one attached hydrogen (secondary N) is 1. The maximum absolute atomic E-state index is 13.0. The van der Waals surface area contributed by atoms with Crippen molar-refractivity contribution in [1.82, 2.24) is 5.32 Å². The van der Waals surface area contributed by atoms with Crippen LogP contribution in [-0.4, -0.2) is 41.4 Å². The van der Waals surface area contributed by atoms with Crippen molar-refractivity contribution < 1.29 is 35.9 Å².